The molecule has 0 fully saturated rings. The Morgan fingerprint density at radius 2 is 1.76 bits per heavy atom. The van der Waals surface area contributed by atoms with E-state index in [1.807, 2.05) is 65.0 Å². The lowest BCUT2D eigenvalue weighted by Gasteiger charge is -2.11. The predicted molar refractivity (Wildman–Crippen MR) is 125 cm³/mol. The Morgan fingerprint density at radius 1 is 0.970 bits per heavy atom. The summed E-state index contributed by atoms with van der Waals surface area (Å²) in [4.78, 5) is 13.0. The zero-order valence-electron chi connectivity index (χ0n) is 18.4. The molecule has 0 aliphatic carbocycles. The van der Waals surface area contributed by atoms with Gasteiger partial charge in [-0.05, 0) is 23.8 Å². The van der Waals surface area contributed by atoms with Gasteiger partial charge in [-0.25, -0.2) is 0 Å². The van der Waals surface area contributed by atoms with E-state index in [4.69, 9.17) is 9.47 Å². The van der Waals surface area contributed by atoms with Crippen molar-refractivity contribution in [2.75, 3.05) is 14.2 Å². The number of rotatable bonds is 4. The van der Waals surface area contributed by atoms with Crippen molar-refractivity contribution in [1.82, 2.24) is 19.1 Å². The second-order valence-electron chi connectivity index (χ2n) is 7.44. The smallest absolute Gasteiger partial charge is 0.226 e. The number of hydrogen-bond acceptors (Lipinski definition) is 6. The third-order valence-electron chi connectivity index (χ3n) is 5.64. The van der Waals surface area contributed by atoms with E-state index in [2.05, 4.69) is 21.0 Å². The SMILES string of the molecule is COc1cc(OC)cc(-n2c(=NC#N)n(C)c3cnc4ccc(-c5cccnc5)cc4c32)c1. The molecule has 0 saturated heterocycles. The molecule has 0 aliphatic rings. The second-order valence-corrected chi connectivity index (χ2v) is 7.44. The van der Waals surface area contributed by atoms with Crippen molar-refractivity contribution in [3.05, 3.63) is 72.7 Å². The first-order chi connectivity index (χ1) is 16.1. The molecule has 0 spiro atoms. The Bertz CT molecular complexity index is 1590. The molecule has 8 heteroatoms. The molecule has 3 heterocycles. The molecule has 2 aromatic carbocycles. The Balaban J connectivity index is 1.94. The van der Waals surface area contributed by atoms with Gasteiger partial charge in [-0.2, -0.15) is 5.26 Å². The maximum Gasteiger partial charge on any atom is 0.226 e. The lowest BCUT2D eigenvalue weighted by Crippen LogP contribution is -2.22. The lowest BCUT2D eigenvalue weighted by molar-refractivity contribution is 0.394. The number of methoxy groups -OCH3 is 2. The van der Waals surface area contributed by atoms with Gasteiger partial charge in [0, 0.05) is 48.6 Å². The van der Waals surface area contributed by atoms with Crippen LogP contribution >= 0.6 is 0 Å². The quantitative estimate of drug-likeness (QED) is 0.398. The first-order valence-corrected chi connectivity index (χ1v) is 10.2. The second kappa shape index (κ2) is 8.13. The summed E-state index contributed by atoms with van der Waals surface area (Å²) in [5.41, 5.74) is 5.77. The van der Waals surface area contributed by atoms with Crippen LogP contribution in [0.2, 0.25) is 0 Å². The van der Waals surface area contributed by atoms with Crippen LogP contribution in [0.3, 0.4) is 0 Å². The minimum absolute atomic E-state index is 0.462. The molecule has 33 heavy (non-hydrogen) atoms. The third-order valence-corrected chi connectivity index (χ3v) is 5.64. The highest BCUT2D eigenvalue weighted by Crippen LogP contribution is 2.31. The number of pyridine rings is 2. The van der Waals surface area contributed by atoms with Crippen LogP contribution in [-0.4, -0.2) is 33.3 Å². The Hall–Kier alpha value is -4.64. The van der Waals surface area contributed by atoms with Gasteiger partial charge < -0.3 is 14.0 Å². The third kappa shape index (κ3) is 3.36. The molecule has 0 unspecified atom stereocenters. The van der Waals surface area contributed by atoms with Gasteiger partial charge in [0.1, 0.15) is 11.5 Å². The number of nitrogens with zero attached hydrogens (tertiary/aromatic N) is 6. The van der Waals surface area contributed by atoms with E-state index in [0.717, 1.165) is 38.8 Å². The van der Waals surface area contributed by atoms with Gasteiger partial charge >= 0.3 is 0 Å². The van der Waals surface area contributed by atoms with E-state index in [1.54, 1.807) is 32.7 Å². The van der Waals surface area contributed by atoms with Gasteiger partial charge in [-0.3, -0.25) is 14.5 Å². The number of hydrogen-bond donors (Lipinski definition) is 0. The molecular weight excluding hydrogens is 416 g/mol. The number of ether oxygens (including phenoxy) is 2. The van der Waals surface area contributed by atoms with Crippen LogP contribution in [0.4, 0.5) is 0 Å². The molecule has 0 N–H and O–H groups in total. The normalized spacial score (nSPS) is 11.6. The van der Waals surface area contributed by atoms with Crippen molar-refractivity contribution in [1.29, 1.82) is 5.26 Å². The van der Waals surface area contributed by atoms with Gasteiger partial charge in [-0.15, -0.1) is 4.99 Å². The highest BCUT2D eigenvalue weighted by Gasteiger charge is 2.17. The van der Waals surface area contributed by atoms with Crippen LogP contribution in [0.1, 0.15) is 0 Å². The van der Waals surface area contributed by atoms with Crippen LogP contribution in [0.15, 0.2) is 72.1 Å². The largest absolute Gasteiger partial charge is 0.497 e. The molecule has 0 aliphatic heterocycles. The molecule has 0 saturated carbocycles. The zero-order valence-corrected chi connectivity index (χ0v) is 18.4. The molecule has 3 aromatic heterocycles. The zero-order chi connectivity index (χ0) is 22.9. The average molecular weight is 436 g/mol. The fourth-order valence-corrected chi connectivity index (χ4v) is 4.06. The van der Waals surface area contributed by atoms with Crippen molar-refractivity contribution in [3.63, 3.8) is 0 Å². The van der Waals surface area contributed by atoms with Crippen molar-refractivity contribution in [2.24, 2.45) is 12.0 Å². The van der Waals surface area contributed by atoms with Crippen molar-refractivity contribution < 1.29 is 9.47 Å². The minimum Gasteiger partial charge on any atom is -0.497 e. The number of nitriles is 1. The van der Waals surface area contributed by atoms with E-state index in [0.29, 0.717) is 17.1 Å². The van der Waals surface area contributed by atoms with Crippen molar-refractivity contribution >= 4 is 21.9 Å². The van der Waals surface area contributed by atoms with Crippen molar-refractivity contribution in [2.45, 2.75) is 0 Å². The first kappa shape index (κ1) is 20.3. The van der Waals surface area contributed by atoms with Gasteiger partial charge in [0.25, 0.3) is 0 Å². The lowest BCUT2D eigenvalue weighted by atomic mass is 10.0. The molecule has 0 atom stereocenters. The van der Waals surface area contributed by atoms with Crippen LogP contribution in [0.5, 0.6) is 11.5 Å². The molecule has 5 rings (SSSR count). The summed E-state index contributed by atoms with van der Waals surface area (Å²) < 4.78 is 14.8. The first-order valence-electron chi connectivity index (χ1n) is 10.2. The maximum absolute atomic E-state index is 9.43. The maximum atomic E-state index is 9.43. The summed E-state index contributed by atoms with van der Waals surface area (Å²) >= 11 is 0. The van der Waals surface area contributed by atoms with Crippen LogP contribution in [0, 0.1) is 11.5 Å². The van der Waals surface area contributed by atoms with Gasteiger partial charge in [0.2, 0.25) is 11.8 Å². The average Bonchev–Trinajstić information content (AvgIpc) is 3.16. The van der Waals surface area contributed by atoms with Crippen LogP contribution < -0.4 is 15.1 Å². The standard InChI is InChI=1S/C25H20N6O2/c1-30-23-14-28-22-7-6-16(17-5-4-8-27-13-17)9-21(22)24(23)31(25(30)29-15-26)18-10-19(32-2)12-20(11-18)33-3/h4-14H,1-3H3. The van der Waals surface area contributed by atoms with E-state index in [1.165, 1.54) is 0 Å². The van der Waals surface area contributed by atoms with Gasteiger partial charge in [0.05, 0.1) is 42.7 Å². The summed E-state index contributed by atoms with van der Waals surface area (Å²) in [5, 5.41) is 10.4. The van der Waals surface area contributed by atoms with E-state index in [-0.39, 0.29) is 0 Å². The molecule has 0 radical (unpaired) electrons. The summed E-state index contributed by atoms with van der Waals surface area (Å²) in [6.07, 6.45) is 7.31. The highest BCUT2D eigenvalue weighted by atomic mass is 16.5. The fourth-order valence-electron chi connectivity index (χ4n) is 4.06. The molecule has 8 nitrogen and oxygen atoms in total. The van der Waals surface area contributed by atoms with E-state index >= 15 is 0 Å². The van der Waals surface area contributed by atoms with Gasteiger partial charge in [-0.1, -0.05) is 12.1 Å². The number of fused-ring (bicyclic) bond motifs is 3. The molecule has 0 bridgehead atoms. The number of aromatic nitrogens is 4. The summed E-state index contributed by atoms with van der Waals surface area (Å²) in [6.45, 7) is 0. The topological polar surface area (TPSA) is 90.2 Å². The molecule has 0 amide bonds. The minimum atomic E-state index is 0.462. The highest BCUT2D eigenvalue weighted by molar-refractivity contribution is 6.04. The molecule has 5 aromatic rings. The molecule has 162 valence electrons. The fraction of sp³-hybridized carbons (Fsp3) is 0.120. The summed E-state index contributed by atoms with van der Waals surface area (Å²) in [7, 11) is 5.07. The van der Waals surface area contributed by atoms with Crippen LogP contribution in [0.25, 0.3) is 38.8 Å². The van der Waals surface area contributed by atoms with E-state index < -0.39 is 0 Å². The Labute approximate surface area is 189 Å². The van der Waals surface area contributed by atoms with Gasteiger partial charge in [0.15, 0.2) is 0 Å². The Morgan fingerprint density at radius 3 is 2.42 bits per heavy atom. The number of imidazole rings is 1. The summed E-state index contributed by atoms with van der Waals surface area (Å²) in [6, 6.07) is 15.6. The van der Waals surface area contributed by atoms with Crippen molar-refractivity contribution in [3.8, 4) is 34.5 Å². The number of aryl methyl sites for hydroxylation is 1. The van der Waals surface area contributed by atoms with Crippen LogP contribution in [-0.2, 0) is 7.05 Å². The number of benzene rings is 2. The monoisotopic (exact) mass is 436 g/mol. The molecular formula is C25H20N6O2. The Kier molecular flexibility index (Phi) is 4.99. The predicted octanol–water partition coefficient (Wildman–Crippen LogP) is 3.98. The van der Waals surface area contributed by atoms with E-state index in [9.17, 15) is 5.26 Å². The summed E-state index contributed by atoms with van der Waals surface area (Å²) in [5.74, 6) is 1.26.